The predicted molar refractivity (Wildman–Crippen MR) is 179 cm³/mol. The molecule has 0 aliphatic carbocycles. The number of carbonyl (C=O) groups is 2. The number of carbonyl (C=O) groups excluding carboxylic acids is 2. The summed E-state index contributed by atoms with van der Waals surface area (Å²) in [5.74, 6) is -1.76. The Labute approximate surface area is 280 Å². The van der Waals surface area contributed by atoms with E-state index in [2.05, 4.69) is 27.5 Å². The number of aliphatic hydroxyl groups excluding tert-OH is 4. The topological polar surface area (TPSA) is 253 Å². The Balaban J connectivity index is 1.75. The third-order valence-electron chi connectivity index (χ3n) is 7.50. The van der Waals surface area contributed by atoms with E-state index in [0.717, 1.165) is 50.5 Å². The average Bonchev–Trinajstić information content (AvgIpc) is 3.04. The Bertz CT molecular complexity index is 1260. The number of ether oxygens (including phenoxy) is 1. The molecule has 1 aromatic carbocycles. The first-order chi connectivity index (χ1) is 22.5. The average molecular weight is 681 g/mol. The van der Waals surface area contributed by atoms with Gasteiger partial charge in [-0.25, -0.2) is 9.97 Å². The number of amides is 1. The molecule has 15 nitrogen and oxygen atoms in total. The van der Waals surface area contributed by atoms with Gasteiger partial charge in [-0.15, -0.1) is 0 Å². The number of nitrogen functional groups attached to an aromatic ring is 2. The van der Waals surface area contributed by atoms with Gasteiger partial charge in [0.15, 0.2) is 28.4 Å². The molecule has 1 aromatic heterocycles. The molecule has 0 aliphatic heterocycles. The predicted octanol–water partition coefficient (Wildman–Crippen LogP) is 0.723. The van der Waals surface area contributed by atoms with Gasteiger partial charge in [0.05, 0.1) is 24.7 Å². The van der Waals surface area contributed by atoms with Crippen molar-refractivity contribution in [2.45, 2.75) is 70.2 Å². The van der Waals surface area contributed by atoms with E-state index in [1.807, 2.05) is 29.2 Å². The number of hydrogen-bond acceptors (Lipinski definition) is 13. The number of benzene rings is 1. The number of aldehydes is 1. The molecule has 0 unspecified atom stereocenters. The van der Waals surface area contributed by atoms with Crippen LogP contribution in [-0.2, 0) is 11.2 Å². The van der Waals surface area contributed by atoms with Gasteiger partial charge in [-0.1, -0.05) is 49.9 Å². The van der Waals surface area contributed by atoms with Crippen molar-refractivity contribution in [2.24, 2.45) is 5.92 Å². The fourth-order valence-electron chi connectivity index (χ4n) is 4.74. The van der Waals surface area contributed by atoms with E-state index in [4.69, 9.17) is 38.3 Å². The second kappa shape index (κ2) is 21.3. The first-order valence-electron chi connectivity index (χ1n) is 15.8. The number of hydrogen-bond donors (Lipinski definition) is 9. The van der Waals surface area contributed by atoms with Crippen LogP contribution in [0.5, 0.6) is 5.75 Å². The van der Waals surface area contributed by atoms with Crippen molar-refractivity contribution in [1.29, 1.82) is 5.41 Å². The number of nitrogens with two attached hydrogens (primary N) is 2. The van der Waals surface area contributed by atoms with Crippen LogP contribution in [0.25, 0.3) is 0 Å². The zero-order chi connectivity index (χ0) is 34.8. The van der Waals surface area contributed by atoms with Crippen LogP contribution in [0.1, 0.15) is 61.5 Å². The van der Waals surface area contributed by atoms with Crippen LogP contribution in [0.4, 0.5) is 11.6 Å². The van der Waals surface area contributed by atoms with E-state index in [1.54, 1.807) is 0 Å². The molecule has 0 aliphatic rings. The summed E-state index contributed by atoms with van der Waals surface area (Å²) in [5, 5.41) is 52.6. The number of anilines is 2. The number of guanidine groups is 1. The maximum absolute atomic E-state index is 12.3. The van der Waals surface area contributed by atoms with Crippen molar-refractivity contribution in [1.82, 2.24) is 25.5 Å². The molecular weight excluding hydrogens is 632 g/mol. The summed E-state index contributed by atoms with van der Waals surface area (Å²) in [7, 11) is 0. The fraction of sp³-hybridized carbons (Fsp3) is 0.581. The summed E-state index contributed by atoms with van der Waals surface area (Å²) in [6.45, 7) is 3.46. The molecule has 1 heterocycles. The number of unbranched alkanes of at least 4 members (excludes halogenated alkanes) is 4. The number of rotatable bonds is 22. The monoisotopic (exact) mass is 680 g/mol. The van der Waals surface area contributed by atoms with Gasteiger partial charge < -0.3 is 46.7 Å². The molecule has 1 amide bonds. The highest BCUT2D eigenvalue weighted by molar-refractivity contribution is 6.31. The van der Waals surface area contributed by atoms with Gasteiger partial charge >= 0.3 is 0 Å². The molecule has 0 spiro atoms. The molecule has 0 bridgehead atoms. The van der Waals surface area contributed by atoms with Crippen molar-refractivity contribution in [3.63, 3.8) is 0 Å². The highest BCUT2D eigenvalue weighted by Gasteiger charge is 2.32. The van der Waals surface area contributed by atoms with Crippen LogP contribution in [0.15, 0.2) is 24.3 Å². The molecule has 262 valence electrons. The van der Waals surface area contributed by atoms with E-state index in [1.165, 1.54) is 0 Å². The van der Waals surface area contributed by atoms with E-state index in [9.17, 15) is 24.9 Å². The van der Waals surface area contributed by atoms with Crippen molar-refractivity contribution >= 4 is 41.4 Å². The fourth-order valence-corrected chi connectivity index (χ4v) is 4.87. The number of aromatic nitrogens is 2. The summed E-state index contributed by atoms with van der Waals surface area (Å²) >= 11 is 5.80. The number of nitrogens with zero attached hydrogens (tertiary/aromatic N) is 3. The van der Waals surface area contributed by atoms with E-state index in [0.29, 0.717) is 38.3 Å². The van der Waals surface area contributed by atoms with Gasteiger partial charge in [0, 0.05) is 19.6 Å². The van der Waals surface area contributed by atoms with Gasteiger partial charge in [0.2, 0.25) is 0 Å². The maximum Gasteiger partial charge on any atom is 0.280 e. The molecular formula is C31H49ClN8O7. The highest BCUT2D eigenvalue weighted by Crippen LogP contribution is 2.18. The molecule has 11 N–H and O–H groups in total. The van der Waals surface area contributed by atoms with Gasteiger partial charge in [-0.05, 0) is 49.9 Å². The minimum Gasteiger partial charge on any atom is -0.492 e. The van der Waals surface area contributed by atoms with E-state index in [-0.39, 0.29) is 35.0 Å². The lowest BCUT2D eigenvalue weighted by molar-refractivity contribution is -0.127. The van der Waals surface area contributed by atoms with Crippen LogP contribution >= 0.6 is 11.6 Å². The first kappa shape index (κ1) is 39.6. The second-order valence-electron chi connectivity index (χ2n) is 11.2. The third-order valence-corrected chi connectivity index (χ3v) is 7.78. The van der Waals surface area contributed by atoms with Gasteiger partial charge in [-0.2, -0.15) is 0 Å². The minimum absolute atomic E-state index is 0.0907. The molecule has 2 rings (SSSR count). The second-order valence-corrected chi connectivity index (χ2v) is 11.6. The molecule has 16 heteroatoms. The Morgan fingerprint density at radius 1 is 1.04 bits per heavy atom. The normalized spacial score (nSPS) is 13.9. The lowest BCUT2D eigenvalue weighted by atomic mass is 9.93. The Morgan fingerprint density at radius 2 is 1.77 bits per heavy atom. The van der Waals surface area contributed by atoms with Crippen molar-refractivity contribution < 1.29 is 34.8 Å². The zero-order valence-corrected chi connectivity index (χ0v) is 27.5. The number of halogens is 1. The summed E-state index contributed by atoms with van der Waals surface area (Å²) in [6, 6.07) is 7.71. The first-order valence-corrected chi connectivity index (χ1v) is 16.1. The molecule has 4 atom stereocenters. The Kier molecular flexibility index (Phi) is 17.9. The lowest BCUT2D eigenvalue weighted by Crippen LogP contribution is -2.47. The van der Waals surface area contributed by atoms with Crippen LogP contribution in [-0.4, -0.2) is 111 Å². The quantitative estimate of drug-likeness (QED) is 0.0360. The van der Waals surface area contributed by atoms with Crippen LogP contribution < -0.4 is 26.8 Å². The van der Waals surface area contributed by atoms with E-state index >= 15 is 0 Å². The lowest BCUT2D eigenvalue weighted by Gasteiger charge is -2.30. The largest absolute Gasteiger partial charge is 0.492 e. The van der Waals surface area contributed by atoms with Crippen molar-refractivity contribution in [3.05, 3.63) is 40.7 Å². The Morgan fingerprint density at radius 3 is 2.43 bits per heavy atom. The highest BCUT2D eigenvalue weighted by atomic mass is 35.5. The Hall–Kier alpha value is -3.60. The molecule has 0 saturated heterocycles. The summed E-state index contributed by atoms with van der Waals surface area (Å²) in [5.41, 5.74) is 12.1. The SMILES string of the molecule is CCCCCCN(CCOc1ccc(CCCCNC(=N)NC(=O)c2nc(Cl)c(N)nc2N)cc1)C[C@@H](O)[C@@H](C=O)[C@H](O)[C@H](O)CO. The number of aryl methyl sites for hydroxylation is 1. The molecule has 47 heavy (non-hydrogen) atoms. The van der Waals surface area contributed by atoms with Gasteiger partial charge in [0.1, 0.15) is 24.7 Å². The maximum atomic E-state index is 12.3. The minimum atomic E-state index is -1.57. The summed E-state index contributed by atoms with van der Waals surface area (Å²) in [6.07, 6.45) is 2.57. The van der Waals surface area contributed by atoms with Crippen molar-refractivity contribution in [2.75, 3.05) is 50.9 Å². The van der Waals surface area contributed by atoms with Crippen LogP contribution in [0, 0.1) is 11.3 Å². The standard InChI is InChI=1S/C31H49ClN8O7/c1-2-3-4-7-14-40(17-23(43)22(18-41)26(45)24(44)19-42)15-16-47-21-11-9-20(10-12-21)8-5-6-13-36-31(35)39-30(46)25-28(33)38-29(34)27(32)37-25/h9-12,18,22-24,26,42-45H,2-8,13-17,19H2,1H3,(H4,33,34,38)(H3,35,36,39,46)/t22-,23-,24-,26+/m1/s1. The van der Waals surface area contributed by atoms with Crippen LogP contribution in [0.3, 0.4) is 0 Å². The number of nitrogens with one attached hydrogen (secondary N) is 3. The summed E-state index contributed by atoms with van der Waals surface area (Å²) < 4.78 is 5.93. The third kappa shape index (κ3) is 14.0. The van der Waals surface area contributed by atoms with Crippen LogP contribution in [0.2, 0.25) is 5.15 Å². The smallest absolute Gasteiger partial charge is 0.280 e. The van der Waals surface area contributed by atoms with Crippen molar-refractivity contribution in [3.8, 4) is 5.75 Å². The molecule has 0 fully saturated rings. The molecule has 0 saturated carbocycles. The van der Waals surface area contributed by atoms with E-state index < -0.39 is 36.7 Å². The zero-order valence-electron chi connectivity index (χ0n) is 26.8. The van der Waals surface area contributed by atoms with Gasteiger partial charge in [0.25, 0.3) is 5.91 Å². The summed E-state index contributed by atoms with van der Waals surface area (Å²) in [4.78, 5) is 33.4. The molecule has 0 radical (unpaired) electrons. The number of aliphatic hydroxyl groups is 4. The van der Waals surface area contributed by atoms with Gasteiger partial charge in [-0.3, -0.25) is 20.4 Å². The molecule has 2 aromatic rings.